The van der Waals surface area contributed by atoms with E-state index >= 15 is 0 Å². The summed E-state index contributed by atoms with van der Waals surface area (Å²) < 4.78 is 0. The Morgan fingerprint density at radius 2 is 2.00 bits per heavy atom. The summed E-state index contributed by atoms with van der Waals surface area (Å²) in [5.41, 5.74) is 6.69. The molecule has 90 valence electrons. The molecule has 0 spiro atoms. The highest BCUT2D eigenvalue weighted by Gasteiger charge is 2.29. The predicted octanol–water partition coefficient (Wildman–Crippen LogP) is 4.11. The number of hydrogen-bond acceptors (Lipinski definition) is 1. The first kappa shape index (κ1) is 13.0. The number of nitrogens with two attached hydrogens (primary N) is 1. The zero-order valence-corrected chi connectivity index (χ0v) is 10.9. The topological polar surface area (TPSA) is 26.0 Å². The Hall–Kier alpha value is -0.0400. The van der Waals surface area contributed by atoms with E-state index in [2.05, 4.69) is 20.8 Å². The van der Waals surface area contributed by atoms with Gasteiger partial charge in [0.05, 0.1) is 0 Å². The Kier molecular flexibility index (Phi) is 5.11. The Morgan fingerprint density at radius 1 is 1.27 bits per heavy atom. The maximum Gasteiger partial charge on any atom is 0.0154 e. The van der Waals surface area contributed by atoms with Gasteiger partial charge in [-0.1, -0.05) is 46.5 Å². The van der Waals surface area contributed by atoms with Crippen molar-refractivity contribution in [3.63, 3.8) is 0 Å². The molecule has 0 radical (unpaired) electrons. The second-order valence-corrected chi connectivity index (χ2v) is 5.90. The van der Waals surface area contributed by atoms with E-state index in [1.807, 2.05) is 0 Å². The molecule has 1 nitrogen and oxygen atoms in total. The quantitative estimate of drug-likeness (QED) is 0.696. The van der Waals surface area contributed by atoms with Crippen molar-refractivity contribution in [2.45, 2.75) is 77.7 Å². The minimum atomic E-state index is 0.180. The normalized spacial score (nSPS) is 33.0. The molecule has 0 saturated heterocycles. The molecule has 1 aliphatic carbocycles. The number of rotatable bonds is 4. The molecular weight excluding hydrogens is 182 g/mol. The third-order valence-corrected chi connectivity index (χ3v) is 4.23. The summed E-state index contributed by atoms with van der Waals surface area (Å²) in [6.07, 6.45) is 10.5. The smallest absolute Gasteiger partial charge is 0.0154 e. The zero-order chi connectivity index (χ0) is 11.3. The fourth-order valence-electron chi connectivity index (χ4n) is 2.90. The van der Waals surface area contributed by atoms with Gasteiger partial charge >= 0.3 is 0 Å². The predicted molar refractivity (Wildman–Crippen MR) is 67.9 cm³/mol. The first-order valence-electron chi connectivity index (χ1n) is 6.86. The first-order valence-corrected chi connectivity index (χ1v) is 6.86. The minimum Gasteiger partial charge on any atom is -0.325 e. The fraction of sp³-hybridized carbons (Fsp3) is 1.00. The van der Waals surface area contributed by atoms with Gasteiger partial charge in [0.1, 0.15) is 0 Å². The van der Waals surface area contributed by atoms with Gasteiger partial charge < -0.3 is 5.73 Å². The van der Waals surface area contributed by atoms with E-state index in [1.165, 1.54) is 51.4 Å². The molecule has 0 bridgehead atoms. The zero-order valence-electron chi connectivity index (χ0n) is 10.9. The molecular formula is C14H29N. The van der Waals surface area contributed by atoms with Gasteiger partial charge in [-0.15, -0.1) is 0 Å². The average Bonchev–Trinajstić information content (AvgIpc) is 2.38. The van der Waals surface area contributed by atoms with E-state index in [0.717, 1.165) is 11.8 Å². The molecule has 0 aromatic rings. The monoisotopic (exact) mass is 211 g/mol. The molecule has 1 heteroatoms. The van der Waals surface area contributed by atoms with Crippen molar-refractivity contribution in [1.82, 2.24) is 0 Å². The van der Waals surface area contributed by atoms with Crippen LogP contribution < -0.4 is 5.73 Å². The lowest BCUT2D eigenvalue weighted by atomic mass is 9.84. The van der Waals surface area contributed by atoms with Gasteiger partial charge in [0.15, 0.2) is 0 Å². The van der Waals surface area contributed by atoms with Crippen molar-refractivity contribution in [1.29, 1.82) is 0 Å². The second-order valence-electron chi connectivity index (χ2n) is 5.90. The summed E-state index contributed by atoms with van der Waals surface area (Å²) in [7, 11) is 0. The molecule has 0 heterocycles. The van der Waals surface area contributed by atoms with Crippen LogP contribution in [0.3, 0.4) is 0 Å². The van der Waals surface area contributed by atoms with Crippen LogP contribution in [0.25, 0.3) is 0 Å². The van der Waals surface area contributed by atoms with E-state index in [4.69, 9.17) is 5.73 Å². The van der Waals surface area contributed by atoms with E-state index in [-0.39, 0.29) is 5.54 Å². The summed E-state index contributed by atoms with van der Waals surface area (Å²) in [6, 6.07) is 0. The van der Waals surface area contributed by atoms with Gasteiger partial charge in [-0.2, -0.15) is 0 Å². The van der Waals surface area contributed by atoms with E-state index in [1.54, 1.807) is 0 Å². The van der Waals surface area contributed by atoms with E-state index < -0.39 is 0 Å². The summed E-state index contributed by atoms with van der Waals surface area (Å²) in [5.74, 6) is 1.77. The first-order chi connectivity index (χ1) is 7.07. The highest BCUT2D eigenvalue weighted by Crippen LogP contribution is 2.35. The highest BCUT2D eigenvalue weighted by molar-refractivity contribution is 4.88. The van der Waals surface area contributed by atoms with Crippen LogP contribution in [-0.4, -0.2) is 5.54 Å². The minimum absolute atomic E-state index is 0.180. The fourth-order valence-corrected chi connectivity index (χ4v) is 2.90. The molecule has 1 saturated carbocycles. The van der Waals surface area contributed by atoms with Crippen molar-refractivity contribution in [2.75, 3.05) is 0 Å². The maximum absolute atomic E-state index is 6.51. The molecule has 1 fully saturated rings. The van der Waals surface area contributed by atoms with Gasteiger partial charge in [-0.05, 0) is 37.5 Å². The molecule has 1 rings (SSSR count). The number of hydrogen-bond donors (Lipinski definition) is 1. The van der Waals surface area contributed by atoms with Crippen molar-refractivity contribution in [3.05, 3.63) is 0 Å². The van der Waals surface area contributed by atoms with Crippen molar-refractivity contribution in [2.24, 2.45) is 17.6 Å². The lowest BCUT2D eigenvalue weighted by Crippen LogP contribution is -2.39. The van der Waals surface area contributed by atoms with Crippen molar-refractivity contribution >= 4 is 0 Å². The third-order valence-electron chi connectivity index (χ3n) is 4.23. The summed E-state index contributed by atoms with van der Waals surface area (Å²) in [5, 5.41) is 0. The van der Waals surface area contributed by atoms with E-state index in [9.17, 15) is 0 Å². The molecule has 0 amide bonds. The molecule has 15 heavy (non-hydrogen) atoms. The maximum atomic E-state index is 6.51. The van der Waals surface area contributed by atoms with Gasteiger partial charge in [0.25, 0.3) is 0 Å². The van der Waals surface area contributed by atoms with Gasteiger partial charge in [0.2, 0.25) is 0 Å². The average molecular weight is 211 g/mol. The Balaban J connectivity index is 2.43. The van der Waals surface area contributed by atoms with Gasteiger partial charge in [-0.3, -0.25) is 0 Å². The van der Waals surface area contributed by atoms with Crippen LogP contribution in [0.2, 0.25) is 0 Å². The van der Waals surface area contributed by atoms with Crippen LogP contribution in [-0.2, 0) is 0 Å². The third kappa shape index (κ3) is 4.14. The summed E-state index contributed by atoms with van der Waals surface area (Å²) in [6.45, 7) is 6.98. The molecule has 2 N–H and O–H groups in total. The SMILES string of the molecule is CCCCC1(N)CCCC(C(C)C)CC1. The standard InChI is InChI=1S/C14H29N/c1-4-5-9-14(15)10-6-7-13(8-11-14)12(2)3/h12-13H,4-11,15H2,1-3H3. The van der Waals surface area contributed by atoms with E-state index in [0.29, 0.717) is 0 Å². The molecule has 0 aromatic heterocycles. The summed E-state index contributed by atoms with van der Waals surface area (Å²) in [4.78, 5) is 0. The molecule has 2 atom stereocenters. The summed E-state index contributed by atoms with van der Waals surface area (Å²) >= 11 is 0. The lowest BCUT2D eigenvalue weighted by molar-refractivity contribution is 0.308. The van der Waals surface area contributed by atoms with Crippen LogP contribution >= 0.6 is 0 Å². The van der Waals surface area contributed by atoms with Crippen LogP contribution in [0.4, 0.5) is 0 Å². The Labute approximate surface area is 95.8 Å². The van der Waals surface area contributed by atoms with Gasteiger partial charge in [-0.25, -0.2) is 0 Å². The van der Waals surface area contributed by atoms with Crippen molar-refractivity contribution in [3.8, 4) is 0 Å². The lowest BCUT2D eigenvalue weighted by Gasteiger charge is -2.28. The highest BCUT2D eigenvalue weighted by atomic mass is 14.7. The second kappa shape index (κ2) is 5.89. The Morgan fingerprint density at radius 3 is 2.60 bits per heavy atom. The molecule has 0 aliphatic heterocycles. The van der Waals surface area contributed by atoms with Crippen LogP contribution in [0.15, 0.2) is 0 Å². The molecule has 2 unspecified atom stereocenters. The molecule has 0 aromatic carbocycles. The largest absolute Gasteiger partial charge is 0.325 e. The molecule has 1 aliphatic rings. The van der Waals surface area contributed by atoms with Crippen LogP contribution in [0.1, 0.15) is 72.1 Å². The van der Waals surface area contributed by atoms with Crippen LogP contribution in [0.5, 0.6) is 0 Å². The van der Waals surface area contributed by atoms with Crippen LogP contribution in [0, 0.1) is 11.8 Å². The van der Waals surface area contributed by atoms with Gasteiger partial charge in [0, 0.05) is 5.54 Å². The Bertz CT molecular complexity index is 176. The van der Waals surface area contributed by atoms with Crippen molar-refractivity contribution < 1.29 is 0 Å². The number of unbranched alkanes of at least 4 members (excludes halogenated alkanes) is 1.